The second-order valence-electron chi connectivity index (χ2n) is 2.41. The molecule has 1 N–H and O–H groups in total. The molecule has 0 fully saturated rings. The molecular formula is C8H7O5S-. The summed E-state index contributed by atoms with van der Waals surface area (Å²) in [6, 6.07) is 3.62. The lowest BCUT2D eigenvalue weighted by Crippen LogP contribution is -2.01. The molecule has 14 heavy (non-hydrogen) atoms. The number of hydrogen-bond acceptors (Lipinski definition) is 4. The maximum absolute atomic E-state index is 10.7. The molecule has 1 aromatic rings. The van der Waals surface area contributed by atoms with Crippen molar-refractivity contribution in [3.8, 4) is 5.75 Å². The molecule has 0 aromatic heterocycles. The fraction of sp³-hybridized carbons (Fsp3) is 0.125. The van der Waals surface area contributed by atoms with Crippen LogP contribution in [-0.4, -0.2) is 26.9 Å². The first-order valence-corrected chi connectivity index (χ1v) is 4.64. The molecule has 0 saturated carbocycles. The molecule has 5 nitrogen and oxygen atoms in total. The average Bonchev–Trinajstić information content (AvgIpc) is 2.16. The van der Waals surface area contributed by atoms with Crippen molar-refractivity contribution >= 4 is 17.0 Å². The third-order valence-corrected chi connectivity index (χ3v) is 2.27. The second kappa shape index (κ2) is 4.21. The van der Waals surface area contributed by atoms with Crippen LogP contribution in [0.15, 0.2) is 23.1 Å². The van der Waals surface area contributed by atoms with Crippen LogP contribution >= 0.6 is 0 Å². The van der Waals surface area contributed by atoms with Crippen molar-refractivity contribution in [1.29, 1.82) is 0 Å². The summed E-state index contributed by atoms with van der Waals surface area (Å²) in [5.74, 6) is -1.05. The van der Waals surface area contributed by atoms with E-state index in [2.05, 4.69) is 0 Å². The van der Waals surface area contributed by atoms with Gasteiger partial charge in [0, 0.05) is 0 Å². The largest absolute Gasteiger partial charge is 0.768 e. The number of rotatable bonds is 3. The molecule has 1 atom stereocenters. The Kier molecular flexibility index (Phi) is 3.21. The maximum atomic E-state index is 10.7. The number of aromatic carboxylic acids is 1. The number of methoxy groups -OCH3 is 1. The summed E-state index contributed by atoms with van der Waals surface area (Å²) in [4.78, 5) is 10.4. The van der Waals surface area contributed by atoms with Gasteiger partial charge in [-0.15, -0.1) is 0 Å². The van der Waals surface area contributed by atoms with E-state index >= 15 is 0 Å². The molecule has 0 aliphatic heterocycles. The van der Waals surface area contributed by atoms with Crippen molar-refractivity contribution in [1.82, 2.24) is 0 Å². The Balaban J connectivity index is 3.27. The smallest absolute Gasteiger partial charge is 0.335 e. The van der Waals surface area contributed by atoms with Gasteiger partial charge in [-0.25, -0.2) is 4.79 Å². The van der Waals surface area contributed by atoms with Gasteiger partial charge in [-0.1, -0.05) is 0 Å². The van der Waals surface area contributed by atoms with E-state index in [9.17, 15) is 13.6 Å². The van der Waals surface area contributed by atoms with Gasteiger partial charge in [0.1, 0.15) is 5.75 Å². The van der Waals surface area contributed by atoms with Crippen molar-refractivity contribution in [2.75, 3.05) is 7.11 Å². The minimum Gasteiger partial charge on any atom is -0.768 e. The summed E-state index contributed by atoms with van der Waals surface area (Å²) in [6.45, 7) is 0. The number of carboxylic acid groups (broad SMARTS) is 1. The zero-order valence-corrected chi connectivity index (χ0v) is 8.04. The highest BCUT2D eigenvalue weighted by Crippen LogP contribution is 2.22. The van der Waals surface area contributed by atoms with Crippen LogP contribution in [-0.2, 0) is 11.1 Å². The number of carboxylic acids is 1. The molecule has 0 heterocycles. The third kappa shape index (κ3) is 2.09. The average molecular weight is 215 g/mol. The summed E-state index contributed by atoms with van der Waals surface area (Å²) in [7, 11) is 1.31. The summed E-state index contributed by atoms with van der Waals surface area (Å²) in [6.07, 6.45) is 0. The lowest BCUT2D eigenvalue weighted by Gasteiger charge is -2.10. The first-order valence-electron chi connectivity index (χ1n) is 3.57. The molecular weight excluding hydrogens is 208 g/mol. The van der Waals surface area contributed by atoms with E-state index in [-0.39, 0.29) is 16.2 Å². The minimum atomic E-state index is -2.51. The van der Waals surface area contributed by atoms with Gasteiger partial charge in [-0.2, -0.15) is 0 Å². The number of benzene rings is 1. The topological polar surface area (TPSA) is 86.7 Å². The van der Waals surface area contributed by atoms with E-state index in [4.69, 9.17) is 9.84 Å². The molecule has 0 aliphatic rings. The monoisotopic (exact) mass is 215 g/mol. The maximum Gasteiger partial charge on any atom is 0.335 e. The molecule has 1 rings (SSSR count). The van der Waals surface area contributed by atoms with E-state index in [0.29, 0.717) is 0 Å². The highest BCUT2D eigenvalue weighted by molar-refractivity contribution is 7.79. The van der Waals surface area contributed by atoms with Gasteiger partial charge >= 0.3 is 5.97 Å². The summed E-state index contributed by atoms with van der Waals surface area (Å²) < 4.78 is 26.1. The predicted octanol–water partition coefficient (Wildman–Crippen LogP) is 0.631. The second-order valence-corrected chi connectivity index (χ2v) is 3.31. The van der Waals surface area contributed by atoms with Gasteiger partial charge in [0.25, 0.3) is 0 Å². The number of ether oxygens (including phenoxy) is 1. The highest BCUT2D eigenvalue weighted by Gasteiger charge is 2.08. The summed E-state index contributed by atoms with van der Waals surface area (Å²) in [5, 5.41) is 8.61. The van der Waals surface area contributed by atoms with Gasteiger partial charge in [-0.3, -0.25) is 4.21 Å². The predicted molar refractivity (Wildman–Crippen MR) is 47.1 cm³/mol. The molecule has 0 aliphatic carbocycles. The minimum absolute atomic E-state index is 0.0926. The van der Waals surface area contributed by atoms with Crippen LogP contribution in [0.5, 0.6) is 5.75 Å². The Labute approximate surface area is 82.6 Å². The van der Waals surface area contributed by atoms with Crippen molar-refractivity contribution in [3.63, 3.8) is 0 Å². The van der Waals surface area contributed by atoms with Gasteiger partial charge in [0.05, 0.1) is 17.6 Å². The lowest BCUT2D eigenvalue weighted by molar-refractivity contribution is 0.0696. The lowest BCUT2D eigenvalue weighted by atomic mass is 10.2. The molecule has 76 valence electrons. The van der Waals surface area contributed by atoms with Crippen LogP contribution in [0.4, 0.5) is 0 Å². The fourth-order valence-corrected chi connectivity index (χ4v) is 1.48. The Morgan fingerprint density at radius 2 is 2.21 bits per heavy atom. The van der Waals surface area contributed by atoms with E-state index in [1.807, 2.05) is 0 Å². The first-order chi connectivity index (χ1) is 6.56. The van der Waals surface area contributed by atoms with Gasteiger partial charge in [0.15, 0.2) is 0 Å². The van der Waals surface area contributed by atoms with Crippen LogP contribution in [0, 0.1) is 0 Å². The Morgan fingerprint density at radius 3 is 2.64 bits per heavy atom. The summed E-state index contributed by atoms with van der Waals surface area (Å²) >= 11 is -2.51. The Morgan fingerprint density at radius 1 is 1.57 bits per heavy atom. The molecule has 0 saturated heterocycles. The normalized spacial score (nSPS) is 12.1. The molecule has 0 amide bonds. The van der Waals surface area contributed by atoms with Crippen LogP contribution in [0.1, 0.15) is 10.4 Å². The highest BCUT2D eigenvalue weighted by atomic mass is 32.2. The standard InChI is InChI=1S/C8H8O5S/c1-13-6-3-2-5(8(9)10)4-7(6)14(11)12/h2-4H,1H3,(H,9,10)(H,11,12)/p-1. The van der Waals surface area contributed by atoms with Crippen LogP contribution in [0.2, 0.25) is 0 Å². The molecule has 0 spiro atoms. The Hall–Kier alpha value is -1.40. The molecule has 0 radical (unpaired) electrons. The van der Waals surface area contributed by atoms with Crippen LogP contribution in [0.3, 0.4) is 0 Å². The molecule has 1 aromatic carbocycles. The van der Waals surface area contributed by atoms with Gasteiger partial charge in [-0.05, 0) is 29.3 Å². The number of carbonyl (C=O) groups is 1. The van der Waals surface area contributed by atoms with Crippen molar-refractivity contribution < 1.29 is 23.4 Å². The molecule has 1 unspecified atom stereocenters. The Bertz CT molecular complexity index is 387. The fourth-order valence-electron chi connectivity index (χ4n) is 0.940. The zero-order valence-electron chi connectivity index (χ0n) is 7.22. The van der Waals surface area contributed by atoms with Crippen molar-refractivity contribution in [2.24, 2.45) is 0 Å². The third-order valence-electron chi connectivity index (χ3n) is 1.59. The SMILES string of the molecule is COc1ccc(C(=O)O)cc1S(=O)[O-]. The first kappa shape index (κ1) is 10.7. The zero-order chi connectivity index (χ0) is 10.7. The quantitative estimate of drug-likeness (QED) is 0.747. The van der Waals surface area contributed by atoms with E-state index in [1.165, 1.54) is 19.2 Å². The van der Waals surface area contributed by atoms with Gasteiger partial charge in [0.2, 0.25) is 0 Å². The summed E-state index contributed by atoms with van der Waals surface area (Å²) in [5.41, 5.74) is -0.0926. The molecule has 6 heteroatoms. The van der Waals surface area contributed by atoms with Crippen LogP contribution < -0.4 is 4.74 Å². The number of hydrogen-bond donors (Lipinski definition) is 1. The van der Waals surface area contributed by atoms with Gasteiger partial charge < -0.3 is 14.4 Å². The van der Waals surface area contributed by atoms with Crippen molar-refractivity contribution in [2.45, 2.75) is 4.90 Å². The van der Waals surface area contributed by atoms with Crippen LogP contribution in [0.25, 0.3) is 0 Å². The van der Waals surface area contributed by atoms with Crippen molar-refractivity contribution in [3.05, 3.63) is 23.8 Å². The van der Waals surface area contributed by atoms with E-state index in [1.54, 1.807) is 0 Å². The van der Waals surface area contributed by atoms with E-state index < -0.39 is 17.0 Å². The van der Waals surface area contributed by atoms with E-state index in [0.717, 1.165) is 6.07 Å². The molecule has 0 bridgehead atoms.